The van der Waals surface area contributed by atoms with Gasteiger partial charge in [0.2, 0.25) is 5.91 Å². The van der Waals surface area contributed by atoms with Gasteiger partial charge in [-0.3, -0.25) is 4.79 Å². The molecule has 6 heteroatoms. The molecule has 92 valence electrons. The summed E-state index contributed by atoms with van der Waals surface area (Å²) in [5.41, 5.74) is 6.77. The van der Waals surface area contributed by atoms with Gasteiger partial charge >= 0.3 is 0 Å². The Labute approximate surface area is 107 Å². The highest BCUT2D eigenvalue weighted by molar-refractivity contribution is 9.10. The van der Waals surface area contributed by atoms with Crippen LogP contribution >= 0.6 is 15.9 Å². The quantitative estimate of drug-likeness (QED) is 0.731. The number of hydrogen-bond donors (Lipinski definition) is 3. The van der Waals surface area contributed by atoms with Gasteiger partial charge in [0.1, 0.15) is 5.82 Å². The molecule has 0 radical (unpaired) electrons. The van der Waals surface area contributed by atoms with Gasteiger partial charge in [-0.2, -0.15) is 0 Å². The van der Waals surface area contributed by atoms with E-state index in [1.165, 1.54) is 6.07 Å². The highest BCUT2D eigenvalue weighted by atomic mass is 79.9. The minimum Gasteiger partial charge on any atom is -0.397 e. The van der Waals surface area contributed by atoms with E-state index in [0.29, 0.717) is 28.8 Å². The van der Waals surface area contributed by atoms with Crippen molar-refractivity contribution in [3.63, 3.8) is 0 Å². The van der Waals surface area contributed by atoms with Crippen LogP contribution in [-0.2, 0) is 4.79 Å². The van der Waals surface area contributed by atoms with Crippen molar-refractivity contribution in [1.29, 1.82) is 0 Å². The van der Waals surface area contributed by atoms with Gasteiger partial charge in [0.05, 0.1) is 15.8 Å². The summed E-state index contributed by atoms with van der Waals surface area (Å²) < 4.78 is 13.5. The molecule has 1 aromatic carbocycles. The molecule has 1 heterocycles. The zero-order chi connectivity index (χ0) is 12.4. The molecule has 2 rings (SSSR count). The molecular weight excluding hydrogens is 289 g/mol. The molecule has 4 nitrogen and oxygen atoms in total. The van der Waals surface area contributed by atoms with Crippen molar-refractivity contribution >= 4 is 33.2 Å². The Morgan fingerprint density at radius 2 is 2.29 bits per heavy atom. The van der Waals surface area contributed by atoms with Gasteiger partial charge in [0.25, 0.3) is 0 Å². The topological polar surface area (TPSA) is 67.1 Å². The molecule has 17 heavy (non-hydrogen) atoms. The fourth-order valence-electron chi connectivity index (χ4n) is 1.76. The van der Waals surface area contributed by atoms with Gasteiger partial charge in [-0.15, -0.1) is 0 Å². The number of nitrogens with one attached hydrogen (secondary N) is 2. The molecule has 1 aliphatic heterocycles. The maximum Gasteiger partial charge on any atom is 0.220 e. The molecule has 0 saturated carbocycles. The van der Waals surface area contributed by atoms with Gasteiger partial charge in [-0.25, -0.2) is 4.39 Å². The average molecular weight is 302 g/mol. The summed E-state index contributed by atoms with van der Waals surface area (Å²) in [6.45, 7) is 0.563. The van der Waals surface area contributed by atoms with E-state index in [9.17, 15) is 9.18 Å². The molecule has 1 aromatic rings. The lowest BCUT2D eigenvalue weighted by Gasteiger charge is -2.25. The van der Waals surface area contributed by atoms with Crippen LogP contribution in [0.15, 0.2) is 16.6 Å². The van der Waals surface area contributed by atoms with Crippen molar-refractivity contribution in [1.82, 2.24) is 5.32 Å². The van der Waals surface area contributed by atoms with Crippen molar-refractivity contribution in [2.75, 3.05) is 17.6 Å². The zero-order valence-electron chi connectivity index (χ0n) is 9.09. The van der Waals surface area contributed by atoms with Crippen LogP contribution in [0.4, 0.5) is 15.8 Å². The average Bonchev–Trinajstić information content (AvgIpc) is 2.29. The second kappa shape index (κ2) is 4.91. The Balaban J connectivity index is 2.08. The third-order valence-electron chi connectivity index (χ3n) is 2.72. The lowest BCUT2D eigenvalue weighted by atomic mass is 10.1. The highest BCUT2D eigenvalue weighted by Crippen LogP contribution is 2.27. The molecular formula is C11H13BrFN3O. The smallest absolute Gasteiger partial charge is 0.220 e. The number of piperidine rings is 1. The Bertz CT molecular complexity index is 443. The van der Waals surface area contributed by atoms with Gasteiger partial charge < -0.3 is 16.4 Å². The minimum atomic E-state index is -0.384. The molecule has 1 unspecified atom stereocenters. The number of rotatable bonds is 2. The van der Waals surface area contributed by atoms with E-state index >= 15 is 0 Å². The maximum atomic E-state index is 13.2. The largest absolute Gasteiger partial charge is 0.397 e. The predicted molar refractivity (Wildman–Crippen MR) is 68.2 cm³/mol. The summed E-state index contributed by atoms with van der Waals surface area (Å²) in [7, 11) is 0. The summed E-state index contributed by atoms with van der Waals surface area (Å²) in [5.74, 6) is -0.318. The van der Waals surface area contributed by atoms with Crippen LogP contribution in [0, 0.1) is 5.82 Å². The summed E-state index contributed by atoms with van der Waals surface area (Å²) in [4.78, 5) is 11.0. The number of anilines is 2. The molecule has 1 fully saturated rings. The number of amides is 1. The first-order chi connectivity index (χ1) is 8.06. The van der Waals surface area contributed by atoms with E-state index < -0.39 is 0 Å². The number of halogens is 2. The molecule has 1 atom stereocenters. The van der Waals surface area contributed by atoms with Crippen LogP contribution in [0.5, 0.6) is 0 Å². The van der Waals surface area contributed by atoms with E-state index in [1.807, 2.05) is 0 Å². The lowest BCUT2D eigenvalue weighted by Crippen LogP contribution is -2.42. The third kappa shape index (κ3) is 2.88. The first kappa shape index (κ1) is 12.2. The monoisotopic (exact) mass is 301 g/mol. The Kier molecular flexibility index (Phi) is 3.51. The molecule has 0 aromatic heterocycles. The van der Waals surface area contributed by atoms with Crippen molar-refractivity contribution in [2.45, 2.75) is 18.9 Å². The van der Waals surface area contributed by atoms with Crippen molar-refractivity contribution in [3.05, 3.63) is 22.4 Å². The van der Waals surface area contributed by atoms with E-state index in [1.54, 1.807) is 6.07 Å². The Hall–Kier alpha value is -1.30. The second-order valence-electron chi connectivity index (χ2n) is 4.04. The maximum absolute atomic E-state index is 13.2. The number of nitrogen functional groups attached to an aromatic ring is 1. The summed E-state index contributed by atoms with van der Waals surface area (Å²) in [5, 5.41) is 5.97. The Morgan fingerprint density at radius 1 is 1.53 bits per heavy atom. The van der Waals surface area contributed by atoms with Gasteiger partial charge in [-0.05, 0) is 28.4 Å². The lowest BCUT2D eigenvalue weighted by molar-refractivity contribution is -0.122. The van der Waals surface area contributed by atoms with Gasteiger partial charge in [-0.1, -0.05) is 0 Å². The van der Waals surface area contributed by atoms with Crippen LogP contribution in [0.3, 0.4) is 0 Å². The van der Waals surface area contributed by atoms with Crippen molar-refractivity contribution in [3.8, 4) is 0 Å². The molecule has 1 saturated heterocycles. The van der Waals surface area contributed by atoms with E-state index in [4.69, 9.17) is 5.73 Å². The van der Waals surface area contributed by atoms with E-state index in [2.05, 4.69) is 26.6 Å². The third-order valence-corrected chi connectivity index (χ3v) is 3.33. The summed E-state index contributed by atoms with van der Waals surface area (Å²) >= 11 is 3.11. The van der Waals surface area contributed by atoms with Crippen LogP contribution in [0.25, 0.3) is 0 Å². The molecule has 0 bridgehead atoms. The number of carbonyl (C=O) groups excluding carboxylic acids is 1. The Morgan fingerprint density at radius 3 is 2.94 bits per heavy atom. The molecule has 1 aliphatic rings. The molecule has 0 spiro atoms. The van der Waals surface area contributed by atoms with E-state index in [0.717, 1.165) is 6.42 Å². The van der Waals surface area contributed by atoms with Crippen molar-refractivity contribution in [2.24, 2.45) is 0 Å². The van der Waals surface area contributed by atoms with Crippen molar-refractivity contribution < 1.29 is 9.18 Å². The number of nitrogens with two attached hydrogens (primary N) is 1. The van der Waals surface area contributed by atoms with Gasteiger partial charge in [0.15, 0.2) is 0 Å². The zero-order valence-corrected chi connectivity index (χ0v) is 10.7. The second-order valence-corrected chi connectivity index (χ2v) is 4.89. The summed E-state index contributed by atoms with van der Waals surface area (Å²) in [6, 6.07) is 3.02. The highest BCUT2D eigenvalue weighted by Gasteiger charge is 2.18. The first-order valence-electron chi connectivity index (χ1n) is 5.34. The SMILES string of the molecule is Nc1cc(F)c(Br)cc1NC1CCC(=O)NC1. The first-order valence-corrected chi connectivity index (χ1v) is 6.13. The van der Waals surface area contributed by atoms with Crippen LogP contribution < -0.4 is 16.4 Å². The standard InChI is InChI=1S/C11H13BrFN3O/c12-7-3-10(9(14)4-8(7)13)16-6-1-2-11(17)15-5-6/h3-4,6,16H,1-2,5,14H2,(H,15,17). The number of hydrogen-bond acceptors (Lipinski definition) is 3. The predicted octanol–water partition coefficient (Wildman–Crippen LogP) is 1.86. The number of benzene rings is 1. The number of carbonyl (C=O) groups is 1. The molecule has 0 aliphatic carbocycles. The normalized spacial score (nSPS) is 19.9. The van der Waals surface area contributed by atoms with Gasteiger partial charge in [0, 0.05) is 25.1 Å². The fourth-order valence-corrected chi connectivity index (χ4v) is 2.11. The molecule has 1 amide bonds. The summed E-state index contributed by atoms with van der Waals surface area (Å²) in [6.07, 6.45) is 1.25. The fraction of sp³-hybridized carbons (Fsp3) is 0.364. The van der Waals surface area contributed by atoms with Crippen LogP contribution in [-0.4, -0.2) is 18.5 Å². The van der Waals surface area contributed by atoms with Crippen LogP contribution in [0.2, 0.25) is 0 Å². The minimum absolute atomic E-state index is 0.0660. The molecule has 4 N–H and O–H groups in total. The van der Waals surface area contributed by atoms with E-state index in [-0.39, 0.29) is 17.8 Å². The van der Waals surface area contributed by atoms with Crippen LogP contribution in [0.1, 0.15) is 12.8 Å².